The maximum atomic E-state index is 3.72. The molecule has 0 bridgehead atoms. The Hall–Kier alpha value is -0.800. The van der Waals surface area contributed by atoms with E-state index in [1.165, 1.54) is 21.3 Å². The summed E-state index contributed by atoms with van der Waals surface area (Å²) in [6.07, 6.45) is 3.49. The van der Waals surface area contributed by atoms with Crippen LogP contribution in [-0.2, 0) is 0 Å². The molecule has 0 saturated heterocycles. The van der Waals surface area contributed by atoms with Crippen LogP contribution in [0.15, 0.2) is 34.3 Å². The molecule has 1 unspecified atom stereocenters. The summed E-state index contributed by atoms with van der Waals surface area (Å²) in [6.45, 7) is 9.72. The lowest BCUT2D eigenvalue weighted by Crippen LogP contribution is -2.29. The van der Waals surface area contributed by atoms with Gasteiger partial charge in [-0.05, 0) is 44.5 Å². The lowest BCUT2D eigenvalue weighted by Gasteiger charge is -2.29. The normalized spacial score (nSPS) is 17.3. The van der Waals surface area contributed by atoms with E-state index in [2.05, 4.69) is 71.2 Å². The minimum absolute atomic E-state index is 0.386. The van der Waals surface area contributed by atoms with Crippen molar-refractivity contribution in [2.75, 3.05) is 24.5 Å². The Morgan fingerprint density at radius 1 is 1.42 bits per heavy atom. The van der Waals surface area contributed by atoms with Gasteiger partial charge in [0.25, 0.3) is 0 Å². The lowest BCUT2D eigenvalue weighted by molar-refractivity contribution is 0.596. The molecule has 1 heterocycles. The molecule has 2 rings (SSSR count). The minimum atomic E-state index is 0.386. The van der Waals surface area contributed by atoms with Crippen LogP contribution in [0.2, 0.25) is 0 Å². The molecule has 0 amide bonds. The van der Waals surface area contributed by atoms with E-state index in [4.69, 9.17) is 0 Å². The fourth-order valence-electron chi connectivity index (χ4n) is 2.61. The predicted molar refractivity (Wildman–Crippen MR) is 86.8 cm³/mol. The molecule has 0 radical (unpaired) electrons. The highest BCUT2D eigenvalue weighted by molar-refractivity contribution is 9.10. The summed E-state index contributed by atoms with van der Waals surface area (Å²) in [5.41, 5.74) is 4.11. The summed E-state index contributed by atoms with van der Waals surface area (Å²) in [7, 11) is 0. The van der Waals surface area contributed by atoms with Crippen LogP contribution < -0.4 is 10.2 Å². The smallest absolute Gasteiger partial charge is 0.0386 e. The van der Waals surface area contributed by atoms with Crippen molar-refractivity contribution in [2.24, 2.45) is 0 Å². The molecule has 104 valence electrons. The second kappa shape index (κ2) is 6.58. The first-order valence-electron chi connectivity index (χ1n) is 7.05. The van der Waals surface area contributed by atoms with Gasteiger partial charge in [0.05, 0.1) is 0 Å². The van der Waals surface area contributed by atoms with Gasteiger partial charge in [-0.1, -0.05) is 40.6 Å². The van der Waals surface area contributed by atoms with Gasteiger partial charge in [-0.3, -0.25) is 0 Å². The molecular weight excluding hydrogens is 300 g/mol. The Labute approximate surface area is 125 Å². The molecule has 1 N–H and O–H groups in total. The van der Waals surface area contributed by atoms with Crippen molar-refractivity contribution in [3.8, 4) is 0 Å². The van der Waals surface area contributed by atoms with E-state index < -0.39 is 0 Å². The van der Waals surface area contributed by atoms with Crippen molar-refractivity contribution in [3.05, 3.63) is 39.9 Å². The first-order valence-corrected chi connectivity index (χ1v) is 7.84. The van der Waals surface area contributed by atoms with Crippen LogP contribution in [0.25, 0.3) is 0 Å². The highest BCUT2D eigenvalue weighted by Gasteiger charge is 2.14. The molecule has 0 spiro atoms. The van der Waals surface area contributed by atoms with Crippen LogP contribution in [0.5, 0.6) is 0 Å². The molecular formula is C16H23BrN2. The third-order valence-corrected chi connectivity index (χ3v) is 4.34. The van der Waals surface area contributed by atoms with Crippen LogP contribution in [0.4, 0.5) is 5.69 Å². The second-order valence-corrected chi connectivity index (χ2v) is 6.10. The Kier molecular flexibility index (Phi) is 5.06. The number of nitrogens with one attached hydrogen (secondary N) is 1. The van der Waals surface area contributed by atoms with E-state index in [0.29, 0.717) is 6.04 Å². The number of benzene rings is 1. The summed E-state index contributed by atoms with van der Waals surface area (Å²) >= 11 is 3.72. The van der Waals surface area contributed by atoms with Gasteiger partial charge in [-0.25, -0.2) is 0 Å². The molecule has 1 aromatic carbocycles. The number of hydrogen-bond acceptors (Lipinski definition) is 2. The predicted octanol–water partition coefficient (Wildman–Crippen LogP) is 4.28. The maximum Gasteiger partial charge on any atom is 0.0386 e. The van der Waals surface area contributed by atoms with E-state index in [-0.39, 0.29) is 0 Å². The topological polar surface area (TPSA) is 15.3 Å². The van der Waals surface area contributed by atoms with Crippen LogP contribution in [0.1, 0.15) is 38.8 Å². The fraction of sp³-hybridized carbons (Fsp3) is 0.500. The number of rotatable bonds is 4. The maximum absolute atomic E-state index is 3.72. The zero-order valence-corrected chi connectivity index (χ0v) is 13.6. The van der Waals surface area contributed by atoms with Gasteiger partial charge in [0.1, 0.15) is 0 Å². The van der Waals surface area contributed by atoms with Crippen molar-refractivity contribution in [2.45, 2.75) is 33.2 Å². The Balaban J connectivity index is 2.17. The fourth-order valence-corrected chi connectivity index (χ4v) is 3.32. The van der Waals surface area contributed by atoms with Gasteiger partial charge < -0.3 is 10.2 Å². The van der Waals surface area contributed by atoms with Crippen molar-refractivity contribution >= 4 is 21.6 Å². The standard InChI is InChI=1S/C16H23BrN2/c1-4-18-13(3)15-8-7-14(10-16(15)17)19-9-5-6-12(2)11-19/h6-8,10,13,18H,4-5,9,11H2,1-3H3. The molecule has 2 nitrogen and oxygen atoms in total. The third kappa shape index (κ3) is 3.61. The van der Waals surface area contributed by atoms with Crippen molar-refractivity contribution in [3.63, 3.8) is 0 Å². The third-order valence-electron chi connectivity index (χ3n) is 3.66. The molecule has 19 heavy (non-hydrogen) atoms. The number of halogens is 1. The Bertz CT molecular complexity index is 468. The number of anilines is 1. The first kappa shape index (κ1) is 14.6. The number of nitrogens with zero attached hydrogens (tertiary/aromatic N) is 1. The minimum Gasteiger partial charge on any atom is -0.367 e. The molecule has 3 heteroatoms. The number of hydrogen-bond donors (Lipinski definition) is 1. The summed E-state index contributed by atoms with van der Waals surface area (Å²) in [5.74, 6) is 0. The van der Waals surface area contributed by atoms with Crippen LogP contribution in [0, 0.1) is 0 Å². The van der Waals surface area contributed by atoms with Crippen LogP contribution >= 0.6 is 15.9 Å². The molecule has 0 saturated carbocycles. The monoisotopic (exact) mass is 322 g/mol. The molecule has 0 aliphatic carbocycles. The zero-order chi connectivity index (χ0) is 13.8. The molecule has 1 aliphatic heterocycles. The van der Waals surface area contributed by atoms with Gasteiger partial charge in [0.15, 0.2) is 0 Å². The Morgan fingerprint density at radius 3 is 2.84 bits per heavy atom. The van der Waals surface area contributed by atoms with Gasteiger partial charge >= 0.3 is 0 Å². The summed E-state index contributed by atoms with van der Waals surface area (Å²) in [6, 6.07) is 7.12. The van der Waals surface area contributed by atoms with Gasteiger partial charge in [0.2, 0.25) is 0 Å². The van der Waals surface area contributed by atoms with Crippen LogP contribution in [-0.4, -0.2) is 19.6 Å². The average molecular weight is 323 g/mol. The zero-order valence-electron chi connectivity index (χ0n) is 12.0. The van der Waals surface area contributed by atoms with Crippen molar-refractivity contribution in [1.82, 2.24) is 5.32 Å². The SMILES string of the molecule is CCNC(C)c1ccc(N2CCC=C(C)C2)cc1Br. The quantitative estimate of drug-likeness (QED) is 0.832. The van der Waals surface area contributed by atoms with Gasteiger partial charge in [-0.2, -0.15) is 0 Å². The van der Waals surface area contributed by atoms with Crippen molar-refractivity contribution < 1.29 is 0 Å². The highest BCUT2D eigenvalue weighted by atomic mass is 79.9. The highest BCUT2D eigenvalue weighted by Crippen LogP contribution is 2.29. The lowest BCUT2D eigenvalue weighted by atomic mass is 10.1. The van der Waals surface area contributed by atoms with E-state index in [9.17, 15) is 0 Å². The molecule has 0 fully saturated rings. The summed E-state index contributed by atoms with van der Waals surface area (Å²) < 4.78 is 1.20. The summed E-state index contributed by atoms with van der Waals surface area (Å²) in [4.78, 5) is 2.45. The molecule has 1 atom stereocenters. The van der Waals surface area contributed by atoms with E-state index in [1.807, 2.05) is 0 Å². The van der Waals surface area contributed by atoms with Gasteiger partial charge in [0, 0.05) is 29.3 Å². The molecule has 1 aliphatic rings. The molecule has 1 aromatic rings. The average Bonchev–Trinajstić information content (AvgIpc) is 2.38. The van der Waals surface area contributed by atoms with E-state index in [0.717, 1.165) is 26.1 Å². The summed E-state index contributed by atoms with van der Waals surface area (Å²) in [5, 5.41) is 3.46. The van der Waals surface area contributed by atoms with Gasteiger partial charge in [-0.15, -0.1) is 0 Å². The van der Waals surface area contributed by atoms with E-state index in [1.54, 1.807) is 0 Å². The largest absolute Gasteiger partial charge is 0.367 e. The van der Waals surface area contributed by atoms with E-state index >= 15 is 0 Å². The molecule has 0 aromatic heterocycles. The Morgan fingerprint density at radius 2 is 2.21 bits per heavy atom. The van der Waals surface area contributed by atoms with Crippen LogP contribution in [0.3, 0.4) is 0 Å². The second-order valence-electron chi connectivity index (χ2n) is 5.25. The van der Waals surface area contributed by atoms with Crippen molar-refractivity contribution in [1.29, 1.82) is 0 Å². The first-order chi connectivity index (χ1) is 9.11.